The van der Waals surface area contributed by atoms with Crippen LogP contribution in [0.4, 0.5) is 0 Å². The molecule has 0 aromatic heterocycles. The quantitative estimate of drug-likeness (QED) is 0.268. The molecule has 0 aromatic rings. The Morgan fingerprint density at radius 3 is 1.42 bits per heavy atom. The molecule has 0 aromatic carbocycles. The maximum atomic E-state index is 11.9. The summed E-state index contributed by atoms with van der Waals surface area (Å²) in [6, 6.07) is -0.527. The van der Waals surface area contributed by atoms with Gasteiger partial charge < -0.3 is 10.8 Å². The summed E-state index contributed by atoms with van der Waals surface area (Å²) in [5.74, 6) is -0.0939. The molecule has 0 heterocycles. The zero-order valence-electron chi connectivity index (χ0n) is 18.0. The Morgan fingerprint density at radius 2 is 1.08 bits per heavy atom. The first-order valence-corrected chi connectivity index (χ1v) is 11.5. The molecule has 0 radical (unpaired) electrons. The van der Waals surface area contributed by atoms with E-state index in [1.807, 2.05) is 13.8 Å². The van der Waals surface area contributed by atoms with Gasteiger partial charge in [-0.25, -0.2) is 0 Å². The first-order valence-electron chi connectivity index (χ1n) is 11.5. The summed E-state index contributed by atoms with van der Waals surface area (Å²) in [4.78, 5) is 11.9. The van der Waals surface area contributed by atoms with Crippen molar-refractivity contribution in [2.24, 2.45) is 11.7 Å². The monoisotopic (exact) mass is 369 g/mol. The number of unbranched alkanes of at least 4 members (excludes halogenated alkanes) is 14. The lowest BCUT2D eigenvalue weighted by Crippen LogP contribution is -2.42. The van der Waals surface area contributed by atoms with Gasteiger partial charge >= 0.3 is 0 Å². The fourth-order valence-electron chi connectivity index (χ4n) is 3.40. The van der Waals surface area contributed by atoms with Crippen molar-refractivity contribution >= 4 is 5.78 Å². The molecule has 0 rings (SSSR count). The highest BCUT2D eigenvalue weighted by Crippen LogP contribution is 2.14. The second-order valence-corrected chi connectivity index (χ2v) is 8.43. The SMILES string of the molecule is CCCCCCCCCCCCCCCCCC(O)C(=O)[C@@H](N)C(C)C. The van der Waals surface area contributed by atoms with Crippen LogP contribution in [0.15, 0.2) is 0 Å². The van der Waals surface area contributed by atoms with Crippen LogP contribution in [0.1, 0.15) is 124 Å². The highest BCUT2D eigenvalue weighted by molar-refractivity contribution is 5.87. The van der Waals surface area contributed by atoms with Crippen molar-refractivity contribution in [1.82, 2.24) is 0 Å². The van der Waals surface area contributed by atoms with Crippen LogP contribution < -0.4 is 5.73 Å². The molecule has 3 N–H and O–H groups in total. The third-order valence-electron chi connectivity index (χ3n) is 5.46. The molecule has 0 saturated heterocycles. The zero-order valence-corrected chi connectivity index (χ0v) is 18.0. The maximum Gasteiger partial charge on any atom is 0.178 e. The molecule has 3 heteroatoms. The fraction of sp³-hybridized carbons (Fsp3) is 0.957. The van der Waals surface area contributed by atoms with Crippen LogP contribution in [0.3, 0.4) is 0 Å². The third kappa shape index (κ3) is 14.7. The Kier molecular flexibility index (Phi) is 17.7. The average Bonchev–Trinajstić information content (AvgIpc) is 2.63. The minimum Gasteiger partial charge on any atom is -0.385 e. The van der Waals surface area contributed by atoms with Gasteiger partial charge in [-0.05, 0) is 12.3 Å². The molecular weight excluding hydrogens is 322 g/mol. The molecule has 0 aliphatic carbocycles. The van der Waals surface area contributed by atoms with Crippen LogP contribution in [0.25, 0.3) is 0 Å². The highest BCUT2D eigenvalue weighted by Gasteiger charge is 2.23. The molecule has 0 fully saturated rings. The van der Waals surface area contributed by atoms with Gasteiger partial charge in [0.05, 0.1) is 6.04 Å². The molecular formula is C23H47NO2. The van der Waals surface area contributed by atoms with Gasteiger partial charge in [0.2, 0.25) is 0 Å². The molecule has 0 spiro atoms. The van der Waals surface area contributed by atoms with Gasteiger partial charge in [0, 0.05) is 0 Å². The number of carbonyl (C=O) groups excluding carboxylic acids is 1. The Morgan fingerprint density at radius 1 is 0.731 bits per heavy atom. The fourth-order valence-corrected chi connectivity index (χ4v) is 3.40. The van der Waals surface area contributed by atoms with Gasteiger partial charge in [0.15, 0.2) is 5.78 Å². The van der Waals surface area contributed by atoms with Gasteiger partial charge in [-0.15, -0.1) is 0 Å². The molecule has 26 heavy (non-hydrogen) atoms. The van der Waals surface area contributed by atoms with E-state index in [1.54, 1.807) is 0 Å². The summed E-state index contributed by atoms with van der Waals surface area (Å²) in [5.41, 5.74) is 5.81. The van der Waals surface area contributed by atoms with Crippen molar-refractivity contribution in [2.75, 3.05) is 0 Å². The average molecular weight is 370 g/mol. The zero-order chi connectivity index (χ0) is 19.6. The largest absolute Gasteiger partial charge is 0.385 e. The minimum atomic E-state index is -0.866. The van der Waals surface area contributed by atoms with Crippen LogP contribution in [-0.2, 0) is 4.79 Å². The van der Waals surface area contributed by atoms with E-state index >= 15 is 0 Å². The number of aliphatic hydroxyl groups excluding tert-OH is 1. The number of aliphatic hydroxyl groups is 1. The first kappa shape index (κ1) is 25.6. The van der Waals surface area contributed by atoms with Crippen molar-refractivity contribution in [3.05, 3.63) is 0 Å². The topological polar surface area (TPSA) is 63.3 Å². The smallest absolute Gasteiger partial charge is 0.178 e. The Bertz CT molecular complexity index is 317. The van der Waals surface area contributed by atoms with E-state index in [0.29, 0.717) is 6.42 Å². The van der Waals surface area contributed by atoms with Crippen LogP contribution in [0.5, 0.6) is 0 Å². The number of Topliss-reactive ketones (excluding diaryl/α,β-unsaturated/α-hetero) is 1. The molecule has 0 aliphatic heterocycles. The van der Waals surface area contributed by atoms with Gasteiger partial charge in [-0.2, -0.15) is 0 Å². The van der Waals surface area contributed by atoms with Gasteiger partial charge in [-0.3, -0.25) is 4.79 Å². The molecule has 3 nitrogen and oxygen atoms in total. The number of rotatable bonds is 19. The van der Waals surface area contributed by atoms with Crippen molar-refractivity contribution in [1.29, 1.82) is 0 Å². The van der Waals surface area contributed by atoms with Crippen molar-refractivity contribution < 1.29 is 9.90 Å². The molecule has 156 valence electrons. The van der Waals surface area contributed by atoms with E-state index in [0.717, 1.165) is 12.8 Å². The molecule has 2 atom stereocenters. The summed E-state index contributed by atoms with van der Waals surface area (Å²) in [7, 11) is 0. The normalized spacial score (nSPS) is 13.9. The summed E-state index contributed by atoms with van der Waals surface area (Å²) >= 11 is 0. The predicted octanol–water partition coefficient (Wildman–Crippen LogP) is 6.16. The third-order valence-corrected chi connectivity index (χ3v) is 5.46. The first-order chi connectivity index (χ1) is 12.5. The van der Waals surface area contributed by atoms with Crippen LogP contribution in [-0.4, -0.2) is 23.0 Å². The Hall–Kier alpha value is -0.410. The lowest BCUT2D eigenvalue weighted by atomic mass is 9.95. The standard InChI is InChI=1S/C23H47NO2/c1-4-5-6-7-8-9-10-11-12-13-14-15-16-17-18-19-21(25)23(26)22(24)20(2)3/h20-22,25H,4-19,24H2,1-3H3/t21?,22-/m0/s1. The van der Waals surface area contributed by atoms with E-state index < -0.39 is 12.1 Å². The number of carbonyl (C=O) groups is 1. The van der Waals surface area contributed by atoms with Crippen LogP contribution in [0, 0.1) is 5.92 Å². The van der Waals surface area contributed by atoms with Gasteiger partial charge in [0.1, 0.15) is 6.10 Å². The summed E-state index contributed by atoms with van der Waals surface area (Å²) in [6.07, 6.45) is 19.6. The van der Waals surface area contributed by atoms with Crippen molar-refractivity contribution in [3.8, 4) is 0 Å². The van der Waals surface area contributed by atoms with Gasteiger partial charge in [0.25, 0.3) is 0 Å². The van der Waals surface area contributed by atoms with E-state index in [2.05, 4.69) is 6.92 Å². The molecule has 0 aliphatic rings. The van der Waals surface area contributed by atoms with Crippen LogP contribution in [0.2, 0.25) is 0 Å². The van der Waals surface area contributed by atoms with Crippen molar-refractivity contribution in [2.45, 2.75) is 136 Å². The lowest BCUT2D eigenvalue weighted by molar-refractivity contribution is -0.129. The van der Waals surface area contributed by atoms with E-state index in [1.165, 1.54) is 83.5 Å². The summed E-state index contributed by atoms with van der Waals surface area (Å²) in [6.45, 7) is 6.11. The second-order valence-electron chi connectivity index (χ2n) is 8.43. The van der Waals surface area contributed by atoms with Gasteiger partial charge in [-0.1, -0.05) is 117 Å². The lowest BCUT2D eigenvalue weighted by Gasteiger charge is -2.18. The number of ketones is 1. The highest BCUT2D eigenvalue weighted by atomic mass is 16.3. The second kappa shape index (κ2) is 18.0. The molecule has 0 amide bonds. The van der Waals surface area contributed by atoms with E-state index in [9.17, 15) is 9.90 Å². The number of hydrogen-bond acceptors (Lipinski definition) is 3. The molecule has 1 unspecified atom stereocenters. The molecule has 0 saturated carbocycles. The van der Waals surface area contributed by atoms with E-state index in [4.69, 9.17) is 5.73 Å². The minimum absolute atomic E-state index is 0.0956. The van der Waals surface area contributed by atoms with E-state index in [-0.39, 0.29) is 11.7 Å². The number of hydrogen-bond donors (Lipinski definition) is 2. The summed E-state index contributed by atoms with van der Waals surface area (Å²) < 4.78 is 0. The summed E-state index contributed by atoms with van der Waals surface area (Å²) in [5, 5.41) is 9.91. The Balaban J connectivity index is 3.30. The van der Waals surface area contributed by atoms with Crippen molar-refractivity contribution in [3.63, 3.8) is 0 Å². The Labute approximate surface area is 163 Å². The predicted molar refractivity (Wildman–Crippen MR) is 113 cm³/mol. The number of nitrogens with two attached hydrogens (primary N) is 1. The van der Waals surface area contributed by atoms with Crippen LogP contribution >= 0.6 is 0 Å². The maximum absolute atomic E-state index is 11.9. The molecule has 0 bridgehead atoms.